The number of aliphatic hydroxyl groups excluding tert-OH is 1. The van der Waals surface area contributed by atoms with Crippen molar-refractivity contribution < 1.29 is 9.90 Å². The lowest BCUT2D eigenvalue weighted by atomic mass is 9.89. The van der Waals surface area contributed by atoms with Crippen LogP contribution in [0.1, 0.15) is 187 Å². The molecule has 0 spiro atoms. The zero-order valence-corrected chi connectivity index (χ0v) is 24.2. The van der Waals surface area contributed by atoms with Crippen molar-refractivity contribution in [1.29, 1.82) is 0 Å². The van der Waals surface area contributed by atoms with Crippen molar-refractivity contribution in [2.75, 3.05) is 0 Å². The van der Waals surface area contributed by atoms with Crippen molar-refractivity contribution in [2.24, 2.45) is 11.7 Å². The number of rotatable bonds is 29. The quantitative estimate of drug-likeness (QED) is 0.0801. The van der Waals surface area contributed by atoms with Crippen LogP contribution in [0.5, 0.6) is 0 Å². The standard InChI is InChI=1S/C32H65NO2/c1-3-5-7-9-11-13-15-16-18-20-22-24-26-28-31(34)30(29-32(33)35)27-25-23-21-19-17-14-12-10-8-6-4-2/h30,32,35H,3-29,33H2,1-2H3. The molecule has 0 saturated heterocycles. The van der Waals surface area contributed by atoms with Crippen LogP contribution >= 0.6 is 0 Å². The molecule has 0 aromatic heterocycles. The van der Waals surface area contributed by atoms with Crippen LogP contribution in [0.25, 0.3) is 0 Å². The number of carbonyl (C=O) groups is 1. The van der Waals surface area contributed by atoms with Crippen molar-refractivity contribution in [1.82, 2.24) is 0 Å². The Bertz CT molecular complexity index is 424. The summed E-state index contributed by atoms with van der Waals surface area (Å²) in [5.41, 5.74) is 5.64. The van der Waals surface area contributed by atoms with Crippen LogP contribution in [0.15, 0.2) is 0 Å². The Labute approximate surface area is 220 Å². The molecule has 210 valence electrons. The lowest BCUT2D eigenvalue weighted by molar-refractivity contribution is -0.124. The van der Waals surface area contributed by atoms with E-state index in [0.717, 1.165) is 19.3 Å². The number of carbonyl (C=O) groups excluding carboxylic acids is 1. The van der Waals surface area contributed by atoms with Gasteiger partial charge in [0.25, 0.3) is 0 Å². The van der Waals surface area contributed by atoms with Crippen LogP contribution in [-0.4, -0.2) is 17.1 Å². The van der Waals surface area contributed by atoms with E-state index >= 15 is 0 Å². The minimum absolute atomic E-state index is 0.0362. The first kappa shape index (κ1) is 34.6. The summed E-state index contributed by atoms with van der Waals surface area (Å²) in [6, 6.07) is 0. The highest BCUT2D eigenvalue weighted by Gasteiger charge is 2.19. The van der Waals surface area contributed by atoms with Gasteiger partial charge in [-0.1, -0.05) is 162 Å². The summed E-state index contributed by atoms with van der Waals surface area (Å²) in [5.74, 6) is 0.301. The second-order valence-electron chi connectivity index (χ2n) is 11.3. The van der Waals surface area contributed by atoms with E-state index in [2.05, 4.69) is 13.8 Å². The Morgan fingerprint density at radius 1 is 0.543 bits per heavy atom. The number of ketones is 1. The lowest BCUT2D eigenvalue weighted by Crippen LogP contribution is -2.27. The molecule has 0 saturated carbocycles. The average Bonchev–Trinajstić information content (AvgIpc) is 2.84. The highest BCUT2D eigenvalue weighted by molar-refractivity contribution is 5.80. The fourth-order valence-corrected chi connectivity index (χ4v) is 5.28. The topological polar surface area (TPSA) is 63.3 Å². The monoisotopic (exact) mass is 496 g/mol. The Kier molecular flexibility index (Phi) is 27.8. The van der Waals surface area contributed by atoms with E-state index in [1.165, 1.54) is 141 Å². The van der Waals surface area contributed by atoms with E-state index in [9.17, 15) is 9.90 Å². The molecule has 35 heavy (non-hydrogen) atoms. The van der Waals surface area contributed by atoms with Crippen LogP contribution in [0.2, 0.25) is 0 Å². The number of Topliss-reactive ketones (excluding diaryl/α,β-unsaturated/α-hetero) is 1. The number of unbranched alkanes of at least 4 members (excludes halogenated alkanes) is 22. The minimum atomic E-state index is -0.858. The highest BCUT2D eigenvalue weighted by atomic mass is 16.3. The summed E-state index contributed by atoms with van der Waals surface area (Å²) in [4.78, 5) is 12.7. The molecule has 0 aliphatic carbocycles. The SMILES string of the molecule is CCCCCCCCCCCCCCCC(=O)C(CCCCCCCCCCCCC)CC(N)O. The third kappa shape index (κ3) is 26.5. The number of nitrogens with two attached hydrogens (primary N) is 1. The zero-order chi connectivity index (χ0) is 25.8. The Morgan fingerprint density at radius 3 is 1.20 bits per heavy atom. The van der Waals surface area contributed by atoms with E-state index in [1.54, 1.807) is 0 Å². The number of hydrogen-bond acceptors (Lipinski definition) is 3. The first-order chi connectivity index (χ1) is 17.1. The van der Waals surface area contributed by atoms with Crippen LogP contribution < -0.4 is 5.73 Å². The molecule has 0 fully saturated rings. The molecule has 3 N–H and O–H groups in total. The van der Waals surface area contributed by atoms with Crippen LogP contribution in [0.4, 0.5) is 0 Å². The molecular formula is C32H65NO2. The first-order valence-electron chi connectivity index (χ1n) is 16.1. The molecule has 0 aromatic carbocycles. The minimum Gasteiger partial charge on any atom is -0.379 e. The molecule has 0 bridgehead atoms. The van der Waals surface area contributed by atoms with E-state index in [-0.39, 0.29) is 5.92 Å². The Hall–Kier alpha value is -0.410. The molecule has 0 radical (unpaired) electrons. The van der Waals surface area contributed by atoms with Gasteiger partial charge in [-0.25, -0.2) is 0 Å². The smallest absolute Gasteiger partial charge is 0.136 e. The summed E-state index contributed by atoms with van der Waals surface area (Å²) in [6.07, 6.45) is 33.0. The van der Waals surface area contributed by atoms with Crippen molar-refractivity contribution in [3.63, 3.8) is 0 Å². The maximum absolute atomic E-state index is 12.7. The molecular weight excluding hydrogens is 430 g/mol. The molecule has 0 amide bonds. The summed E-state index contributed by atoms with van der Waals surface area (Å²) in [5, 5.41) is 9.66. The van der Waals surface area contributed by atoms with Gasteiger partial charge in [0.2, 0.25) is 0 Å². The number of hydrogen-bond donors (Lipinski definition) is 2. The average molecular weight is 496 g/mol. The summed E-state index contributed by atoms with van der Waals surface area (Å²) < 4.78 is 0. The second kappa shape index (κ2) is 28.2. The molecule has 3 nitrogen and oxygen atoms in total. The fraction of sp³-hybridized carbons (Fsp3) is 0.969. The largest absolute Gasteiger partial charge is 0.379 e. The third-order valence-electron chi connectivity index (χ3n) is 7.66. The zero-order valence-electron chi connectivity index (χ0n) is 24.2. The molecule has 2 unspecified atom stereocenters. The predicted molar refractivity (Wildman–Crippen MR) is 155 cm³/mol. The van der Waals surface area contributed by atoms with Gasteiger partial charge in [-0.15, -0.1) is 0 Å². The molecule has 0 aliphatic rings. The Balaban J connectivity index is 3.67. The summed E-state index contributed by atoms with van der Waals surface area (Å²) in [7, 11) is 0. The molecule has 0 aromatic rings. The molecule has 3 heteroatoms. The van der Waals surface area contributed by atoms with Crippen molar-refractivity contribution in [3.8, 4) is 0 Å². The van der Waals surface area contributed by atoms with Crippen LogP contribution in [-0.2, 0) is 4.79 Å². The van der Waals surface area contributed by atoms with Gasteiger partial charge in [-0.2, -0.15) is 0 Å². The van der Waals surface area contributed by atoms with Gasteiger partial charge in [-0.3, -0.25) is 4.79 Å². The molecule has 0 rings (SSSR count). The van der Waals surface area contributed by atoms with Crippen molar-refractivity contribution >= 4 is 5.78 Å². The van der Waals surface area contributed by atoms with Crippen LogP contribution in [0, 0.1) is 5.92 Å². The second-order valence-corrected chi connectivity index (χ2v) is 11.3. The van der Waals surface area contributed by atoms with Gasteiger partial charge in [-0.05, 0) is 19.3 Å². The normalized spacial score (nSPS) is 13.3. The highest BCUT2D eigenvalue weighted by Crippen LogP contribution is 2.21. The number of aliphatic hydroxyl groups is 1. The first-order valence-corrected chi connectivity index (χ1v) is 16.1. The van der Waals surface area contributed by atoms with Gasteiger partial charge in [0.05, 0.1) is 0 Å². The molecule has 0 heterocycles. The van der Waals surface area contributed by atoms with Gasteiger partial charge >= 0.3 is 0 Å². The maximum atomic E-state index is 12.7. The van der Waals surface area contributed by atoms with E-state index in [0.29, 0.717) is 18.6 Å². The van der Waals surface area contributed by atoms with E-state index in [4.69, 9.17) is 5.73 Å². The fourth-order valence-electron chi connectivity index (χ4n) is 5.28. The van der Waals surface area contributed by atoms with Gasteiger partial charge in [0.1, 0.15) is 12.0 Å². The lowest BCUT2D eigenvalue weighted by Gasteiger charge is -2.17. The van der Waals surface area contributed by atoms with E-state index < -0.39 is 6.23 Å². The van der Waals surface area contributed by atoms with Gasteiger partial charge < -0.3 is 10.8 Å². The molecule has 0 aliphatic heterocycles. The van der Waals surface area contributed by atoms with Crippen molar-refractivity contribution in [3.05, 3.63) is 0 Å². The Morgan fingerprint density at radius 2 is 0.857 bits per heavy atom. The van der Waals surface area contributed by atoms with Gasteiger partial charge in [0.15, 0.2) is 0 Å². The predicted octanol–water partition coefficient (Wildman–Crippen LogP) is 10.0. The van der Waals surface area contributed by atoms with Crippen molar-refractivity contribution in [2.45, 2.75) is 193 Å². The van der Waals surface area contributed by atoms with E-state index in [1.807, 2.05) is 0 Å². The molecule has 2 atom stereocenters. The third-order valence-corrected chi connectivity index (χ3v) is 7.66. The van der Waals surface area contributed by atoms with Gasteiger partial charge in [0, 0.05) is 12.3 Å². The maximum Gasteiger partial charge on any atom is 0.136 e. The van der Waals surface area contributed by atoms with Crippen LogP contribution in [0.3, 0.4) is 0 Å². The summed E-state index contributed by atoms with van der Waals surface area (Å²) in [6.45, 7) is 4.55. The summed E-state index contributed by atoms with van der Waals surface area (Å²) >= 11 is 0.